The second-order valence-electron chi connectivity index (χ2n) is 3.69. The third-order valence-electron chi connectivity index (χ3n) is 2.50. The zero-order valence-electron chi connectivity index (χ0n) is 8.93. The van der Waals surface area contributed by atoms with E-state index in [1.807, 2.05) is 12.1 Å². The summed E-state index contributed by atoms with van der Waals surface area (Å²) in [6.07, 6.45) is 1.65. The number of morpholine rings is 1. The predicted molar refractivity (Wildman–Crippen MR) is 58.6 cm³/mol. The molecular weight excluding hydrogens is 208 g/mol. The number of anilines is 1. The van der Waals surface area contributed by atoms with Crippen molar-refractivity contribution < 1.29 is 14.6 Å². The minimum atomic E-state index is -0.832. The molecule has 1 aliphatic heterocycles. The number of carbonyl (C=O) groups is 1. The van der Waals surface area contributed by atoms with E-state index in [0.717, 1.165) is 37.7 Å². The molecule has 16 heavy (non-hydrogen) atoms. The summed E-state index contributed by atoms with van der Waals surface area (Å²) in [4.78, 5) is 16.9. The summed E-state index contributed by atoms with van der Waals surface area (Å²) < 4.78 is 5.25. The molecule has 1 aromatic heterocycles. The van der Waals surface area contributed by atoms with E-state index in [9.17, 15) is 4.79 Å². The van der Waals surface area contributed by atoms with Crippen molar-refractivity contribution in [1.82, 2.24) is 4.98 Å². The van der Waals surface area contributed by atoms with Crippen molar-refractivity contribution in [2.75, 3.05) is 31.2 Å². The lowest BCUT2D eigenvalue weighted by Crippen LogP contribution is -2.36. The Kier molecular flexibility index (Phi) is 3.36. The van der Waals surface area contributed by atoms with Gasteiger partial charge in [0, 0.05) is 19.3 Å². The number of carboxylic acids is 1. The van der Waals surface area contributed by atoms with Gasteiger partial charge in [-0.25, -0.2) is 4.98 Å². The highest BCUT2D eigenvalue weighted by Crippen LogP contribution is 2.13. The lowest BCUT2D eigenvalue weighted by atomic mass is 10.2. The third kappa shape index (κ3) is 2.70. The molecule has 2 heterocycles. The second-order valence-corrected chi connectivity index (χ2v) is 3.69. The first-order valence-electron chi connectivity index (χ1n) is 5.25. The summed E-state index contributed by atoms with van der Waals surface area (Å²) in [5, 5.41) is 8.63. The minimum absolute atomic E-state index is 0.0242. The van der Waals surface area contributed by atoms with Crippen LogP contribution in [0.5, 0.6) is 0 Å². The Morgan fingerprint density at radius 2 is 2.19 bits per heavy atom. The van der Waals surface area contributed by atoms with E-state index in [2.05, 4.69) is 9.88 Å². The number of aromatic nitrogens is 1. The fraction of sp³-hybridized carbons (Fsp3) is 0.455. The lowest BCUT2D eigenvalue weighted by Gasteiger charge is -2.27. The van der Waals surface area contributed by atoms with Crippen molar-refractivity contribution in [2.45, 2.75) is 6.42 Å². The number of aliphatic carboxylic acids is 1. The smallest absolute Gasteiger partial charge is 0.307 e. The molecule has 0 atom stereocenters. The molecule has 1 aliphatic rings. The van der Waals surface area contributed by atoms with Crippen LogP contribution in [0.3, 0.4) is 0 Å². The number of rotatable bonds is 3. The van der Waals surface area contributed by atoms with E-state index in [1.165, 1.54) is 0 Å². The van der Waals surface area contributed by atoms with Crippen molar-refractivity contribution >= 4 is 11.8 Å². The van der Waals surface area contributed by atoms with Gasteiger partial charge in [0.2, 0.25) is 0 Å². The zero-order chi connectivity index (χ0) is 11.4. The number of nitrogens with zero attached hydrogens (tertiary/aromatic N) is 2. The number of carboxylic acid groups (broad SMARTS) is 1. The van der Waals surface area contributed by atoms with Crippen molar-refractivity contribution in [2.24, 2.45) is 0 Å². The van der Waals surface area contributed by atoms with Gasteiger partial charge in [-0.1, -0.05) is 6.07 Å². The molecule has 0 radical (unpaired) electrons. The Bertz CT molecular complexity index is 358. The summed E-state index contributed by atoms with van der Waals surface area (Å²) in [6.45, 7) is 3.12. The maximum Gasteiger partial charge on any atom is 0.307 e. The van der Waals surface area contributed by atoms with E-state index in [-0.39, 0.29) is 6.42 Å². The van der Waals surface area contributed by atoms with Gasteiger partial charge in [-0.3, -0.25) is 4.79 Å². The highest BCUT2D eigenvalue weighted by atomic mass is 16.5. The van der Waals surface area contributed by atoms with Crippen molar-refractivity contribution in [3.8, 4) is 0 Å². The molecule has 1 N–H and O–H groups in total. The van der Waals surface area contributed by atoms with Crippen molar-refractivity contribution in [3.63, 3.8) is 0 Å². The molecule has 0 amide bonds. The molecule has 0 aliphatic carbocycles. The first-order chi connectivity index (χ1) is 7.75. The van der Waals surface area contributed by atoms with Gasteiger partial charge in [-0.2, -0.15) is 0 Å². The third-order valence-corrected chi connectivity index (χ3v) is 2.50. The topological polar surface area (TPSA) is 62.7 Å². The van der Waals surface area contributed by atoms with E-state index in [4.69, 9.17) is 9.84 Å². The summed E-state index contributed by atoms with van der Waals surface area (Å²) >= 11 is 0. The Labute approximate surface area is 93.7 Å². The Morgan fingerprint density at radius 1 is 1.44 bits per heavy atom. The van der Waals surface area contributed by atoms with Gasteiger partial charge < -0.3 is 14.7 Å². The van der Waals surface area contributed by atoms with Crippen molar-refractivity contribution in [3.05, 3.63) is 23.9 Å². The molecule has 0 saturated carbocycles. The predicted octanol–water partition coefficient (Wildman–Crippen LogP) is 0.545. The molecule has 1 saturated heterocycles. The standard InChI is InChI=1S/C11H14N2O3/c14-11(15)7-9-1-2-10(12-8-9)13-3-5-16-6-4-13/h1-2,8H,3-7H2,(H,14,15). The van der Waals surface area contributed by atoms with Crippen LogP contribution in [0.15, 0.2) is 18.3 Å². The Hall–Kier alpha value is -1.62. The van der Waals surface area contributed by atoms with Crippen LogP contribution < -0.4 is 4.90 Å². The van der Waals surface area contributed by atoms with Gasteiger partial charge in [-0.15, -0.1) is 0 Å². The van der Waals surface area contributed by atoms with Crippen LogP contribution in [0.4, 0.5) is 5.82 Å². The lowest BCUT2D eigenvalue weighted by molar-refractivity contribution is -0.136. The monoisotopic (exact) mass is 222 g/mol. The van der Waals surface area contributed by atoms with Crippen molar-refractivity contribution in [1.29, 1.82) is 0 Å². The van der Waals surface area contributed by atoms with Crippen LogP contribution in [0.25, 0.3) is 0 Å². The average molecular weight is 222 g/mol. The summed E-state index contributed by atoms with van der Waals surface area (Å²) in [5.41, 5.74) is 0.726. The summed E-state index contributed by atoms with van der Waals surface area (Å²) in [6, 6.07) is 3.68. The molecular formula is C11H14N2O3. The molecule has 1 fully saturated rings. The Balaban J connectivity index is 2.03. The van der Waals surface area contributed by atoms with Gasteiger partial charge in [0.25, 0.3) is 0 Å². The fourth-order valence-electron chi connectivity index (χ4n) is 1.68. The van der Waals surface area contributed by atoms with Crippen LogP contribution in [0.2, 0.25) is 0 Å². The van der Waals surface area contributed by atoms with Crippen LogP contribution in [-0.4, -0.2) is 42.4 Å². The van der Waals surface area contributed by atoms with Gasteiger partial charge in [-0.05, 0) is 11.6 Å². The van der Waals surface area contributed by atoms with E-state index >= 15 is 0 Å². The maximum atomic E-state index is 10.5. The number of ether oxygens (including phenoxy) is 1. The van der Waals surface area contributed by atoms with Gasteiger partial charge >= 0.3 is 5.97 Å². The minimum Gasteiger partial charge on any atom is -0.481 e. The van der Waals surface area contributed by atoms with Gasteiger partial charge in [0.05, 0.1) is 19.6 Å². The van der Waals surface area contributed by atoms with E-state index < -0.39 is 5.97 Å². The highest BCUT2D eigenvalue weighted by Gasteiger charge is 2.12. The van der Waals surface area contributed by atoms with Crippen LogP contribution in [-0.2, 0) is 16.0 Å². The number of hydrogen-bond acceptors (Lipinski definition) is 4. The van der Waals surface area contributed by atoms with Crippen LogP contribution >= 0.6 is 0 Å². The normalized spacial score (nSPS) is 16.1. The summed E-state index contributed by atoms with van der Waals surface area (Å²) in [5.74, 6) is 0.0540. The van der Waals surface area contributed by atoms with Crippen LogP contribution in [0.1, 0.15) is 5.56 Å². The maximum absolute atomic E-state index is 10.5. The van der Waals surface area contributed by atoms with Crippen LogP contribution in [0, 0.1) is 0 Å². The largest absolute Gasteiger partial charge is 0.481 e. The quantitative estimate of drug-likeness (QED) is 0.809. The molecule has 0 spiro atoms. The second kappa shape index (κ2) is 4.94. The number of hydrogen-bond donors (Lipinski definition) is 1. The first kappa shape index (κ1) is 10.9. The van der Waals surface area contributed by atoms with E-state index in [1.54, 1.807) is 6.20 Å². The average Bonchev–Trinajstić information content (AvgIpc) is 2.30. The number of pyridine rings is 1. The molecule has 0 aromatic carbocycles. The SMILES string of the molecule is O=C(O)Cc1ccc(N2CCOCC2)nc1. The van der Waals surface area contributed by atoms with Gasteiger partial charge in [0.1, 0.15) is 5.82 Å². The molecule has 2 rings (SSSR count). The zero-order valence-corrected chi connectivity index (χ0v) is 8.93. The molecule has 0 bridgehead atoms. The molecule has 5 heteroatoms. The highest BCUT2D eigenvalue weighted by molar-refractivity contribution is 5.70. The van der Waals surface area contributed by atoms with E-state index in [0.29, 0.717) is 0 Å². The molecule has 1 aromatic rings. The molecule has 5 nitrogen and oxygen atoms in total. The molecule has 0 unspecified atom stereocenters. The van der Waals surface area contributed by atoms with Gasteiger partial charge in [0.15, 0.2) is 0 Å². The first-order valence-corrected chi connectivity index (χ1v) is 5.25. The Morgan fingerprint density at radius 3 is 2.75 bits per heavy atom. The fourth-order valence-corrected chi connectivity index (χ4v) is 1.68. The molecule has 86 valence electrons. The summed E-state index contributed by atoms with van der Waals surface area (Å²) in [7, 11) is 0.